The number of rotatable bonds is 6. The van der Waals surface area contributed by atoms with E-state index in [1.807, 2.05) is 12.4 Å². The molecule has 4 heteroatoms. The first-order valence-electron chi connectivity index (χ1n) is 7.61. The molecule has 0 amide bonds. The summed E-state index contributed by atoms with van der Waals surface area (Å²) in [5.41, 5.74) is 2.65. The summed E-state index contributed by atoms with van der Waals surface area (Å²) >= 11 is 0. The van der Waals surface area contributed by atoms with E-state index in [4.69, 9.17) is 0 Å². The fraction of sp³-hybridized carbons (Fsp3) is 0.353. The Bertz CT molecular complexity index is 723. The highest BCUT2D eigenvalue weighted by Crippen LogP contribution is 2.21. The van der Waals surface area contributed by atoms with Crippen molar-refractivity contribution in [2.45, 2.75) is 33.5 Å². The molecule has 0 fully saturated rings. The zero-order valence-corrected chi connectivity index (χ0v) is 12.7. The standard InChI is InChI=1S/C17H22N4/c1-3-18-12-15-7-5-6-14-8-10-21(17(14)15)13-16-19-9-11-20(16)4-2/h5-11,18H,3-4,12-13H2,1-2H3. The highest BCUT2D eigenvalue weighted by Gasteiger charge is 2.09. The average molecular weight is 282 g/mol. The maximum atomic E-state index is 4.49. The van der Waals surface area contributed by atoms with E-state index in [0.29, 0.717) is 0 Å². The molecule has 0 saturated heterocycles. The van der Waals surface area contributed by atoms with Crippen molar-refractivity contribution < 1.29 is 0 Å². The molecule has 0 radical (unpaired) electrons. The van der Waals surface area contributed by atoms with Crippen molar-refractivity contribution in [3.63, 3.8) is 0 Å². The van der Waals surface area contributed by atoms with Crippen LogP contribution >= 0.6 is 0 Å². The van der Waals surface area contributed by atoms with Crippen LogP contribution in [0.15, 0.2) is 42.9 Å². The van der Waals surface area contributed by atoms with E-state index in [9.17, 15) is 0 Å². The second kappa shape index (κ2) is 6.14. The van der Waals surface area contributed by atoms with Gasteiger partial charge in [-0.1, -0.05) is 25.1 Å². The van der Waals surface area contributed by atoms with Gasteiger partial charge in [0.05, 0.1) is 12.1 Å². The predicted octanol–water partition coefficient (Wildman–Crippen LogP) is 3.02. The fourth-order valence-electron chi connectivity index (χ4n) is 2.81. The SMILES string of the molecule is CCNCc1cccc2ccn(Cc3nccn3CC)c12. The fourth-order valence-corrected chi connectivity index (χ4v) is 2.81. The van der Waals surface area contributed by atoms with E-state index in [2.05, 4.69) is 63.7 Å². The highest BCUT2D eigenvalue weighted by molar-refractivity contribution is 5.83. The van der Waals surface area contributed by atoms with Crippen molar-refractivity contribution in [2.24, 2.45) is 0 Å². The van der Waals surface area contributed by atoms with Crippen LogP contribution in [0.4, 0.5) is 0 Å². The van der Waals surface area contributed by atoms with Crippen molar-refractivity contribution in [3.8, 4) is 0 Å². The zero-order chi connectivity index (χ0) is 14.7. The minimum Gasteiger partial charge on any atom is -0.340 e. The quantitative estimate of drug-likeness (QED) is 0.754. The van der Waals surface area contributed by atoms with Gasteiger partial charge in [0.2, 0.25) is 0 Å². The summed E-state index contributed by atoms with van der Waals surface area (Å²) in [5, 5.41) is 4.71. The molecule has 0 atom stereocenters. The van der Waals surface area contributed by atoms with Crippen LogP contribution in [-0.2, 0) is 19.6 Å². The van der Waals surface area contributed by atoms with Crippen LogP contribution in [0.3, 0.4) is 0 Å². The third-order valence-electron chi connectivity index (χ3n) is 3.89. The van der Waals surface area contributed by atoms with E-state index in [0.717, 1.165) is 32.0 Å². The van der Waals surface area contributed by atoms with E-state index in [-0.39, 0.29) is 0 Å². The molecular formula is C17H22N4. The van der Waals surface area contributed by atoms with Crippen molar-refractivity contribution in [1.82, 2.24) is 19.4 Å². The molecule has 1 N–H and O–H groups in total. The molecule has 0 unspecified atom stereocenters. The van der Waals surface area contributed by atoms with Gasteiger partial charge in [-0.2, -0.15) is 0 Å². The van der Waals surface area contributed by atoms with Crippen molar-refractivity contribution in [3.05, 3.63) is 54.2 Å². The molecular weight excluding hydrogens is 260 g/mol. The van der Waals surface area contributed by atoms with Crippen LogP contribution in [0, 0.1) is 0 Å². The summed E-state index contributed by atoms with van der Waals surface area (Å²) in [5.74, 6) is 1.10. The second-order valence-corrected chi connectivity index (χ2v) is 5.21. The molecule has 0 aliphatic rings. The molecule has 0 bridgehead atoms. The Morgan fingerprint density at radius 2 is 2.00 bits per heavy atom. The zero-order valence-electron chi connectivity index (χ0n) is 12.7. The predicted molar refractivity (Wildman–Crippen MR) is 86.3 cm³/mol. The van der Waals surface area contributed by atoms with Gasteiger partial charge in [0, 0.05) is 31.7 Å². The van der Waals surface area contributed by atoms with Gasteiger partial charge in [0.1, 0.15) is 5.82 Å². The Morgan fingerprint density at radius 3 is 2.81 bits per heavy atom. The number of aryl methyl sites for hydroxylation is 1. The molecule has 0 spiro atoms. The van der Waals surface area contributed by atoms with Crippen molar-refractivity contribution >= 4 is 10.9 Å². The molecule has 2 heterocycles. The summed E-state index contributed by atoms with van der Waals surface area (Å²) in [4.78, 5) is 4.49. The number of para-hydroxylation sites is 1. The van der Waals surface area contributed by atoms with Crippen LogP contribution < -0.4 is 5.32 Å². The largest absolute Gasteiger partial charge is 0.340 e. The highest BCUT2D eigenvalue weighted by atomic mass is 15.1. The van der Waals surface area contributed by atoms with Crippen LogP contribution in [-0.4, -0.2) is 20.7 Å². The lowest BCUT2D eigenvalue weighted by Crippen LogP contribution is -2.13. The number of hydrogen-bond acceptors (Lipinski definition) is 2. The lowest BCUT2D eigenvalue weighted by atomic mass is 10.1. The van der Waals surface area contributed by atoms with Gasteiger partial charge in [-0.05, 0) is 30.5 Å². The monoisotopic (exact) mass is 282 g/mol. The van der Waals surface area contributed by atoms with Crippen molar-refractivity contribution in [1.29, 1.82) is 0 Å². The lowest BCUT2D eigenvalue weighted by molar-refractivity contribution is 0.659. The third kappa shape index (κ3) is 2.72. The number of nitrogens with zero attached hydrogens (tertiary/aromatic N) is 3. The number of hydrogen-bond donors (Lipinski definition) is 1. The van der Waals surface area contributed by atoms with Gasteiger partial charge in [0.15, 0.2) is 0 Å². The lowest BCUT2D eigenvalue weighted by Gasteiger charge is -2.11. The first-order chi connectivity index (χ1) is 10.3. The van der Waals surface area contributed by atoms with Gasteiger partial charge in [-0.3, -0.25) is 0 Å². The van der Waals surface area contributed by atoms with E-state index in [1.165, 1.54) is 16.5 Å². The van der Waals surface area contributed by atoms with E-state index >= 15 is 0 Å². The average Bonchev–Trinajstić information content (AvgIpc) is 3.13. The third-order valence-corrected chi connectivity index (χ3v) is 3.89. The minimum atomic E-state index is 0.813. The molecule has 21 heavy (non-hydrogen) atoms. The first kappa shape index (κ1) is 13.9. The number of nitrogens with one attached hydrogen (secondary N) is 1. The number of aromatic nitrogens is 3. The van der Waals surface area contributed by atoms with E-state index in [1.54, 1.807) is 0 Å². The molecule has 4 nitrogen and oxygen atoms in total. The summed E-state index contributed by atoms with van der Waals surface area (Å²) in [6, 6.07) is 8.69. The van der Waals surface area contributed by atoms with E-state index < -0.39 is 0 Å². The maximum absolute atomic E-state index is 4.49. The smallest absolute Gasteiger partial charge is 0.128 e. The van der Waals surface area contributed by atoms with Gasteiger partial charge in [-0.15, -0.1) is 0 Å². The molecule has 1 aromatic carbocycles. The van der Waals surface area contributed by atoms with Crippen molar-refractivity contribution in [2.75, 3.05) is 6.54 Å². The molecule has 0 saturated carbocycles. The maximum Gasteiger partial charge on any atom is 0.128 e. The van der Waals surface area contributed by atoms with Crippen LogP contribution in [0.1, 0.15) is 25.2 Å². The molecule has 3 rings (SSSR count). The first-order valence-corrected chi connectivity index (χ1v) is 7.61. The molecule has 3 aromatic rings. The summed E-state index contributed by atoms with van der Waals surface area (Å²) in [6.45, 7) is 7.94. The Hall–Kier alpha value is -2.07. The van der Waals surface area contributed by atoms with Crippen LogP contribution in [0.25, 0.3) is 10.9 Å². The summed E-state index contributed by atoms with van der Waals surface area (Å²) in [7, 11) is 0. The van der Waals surface area contributed by atoms with Gasteiger partial charge < -0.3 is 14.5 Å². The summed E-state index contributed by atoms with van der Waals surface area (Å²) < 4.78 is 4.50. The van der Waals surface area contributed by atoms with Gasteiger partial charge in [0.25, 0.3) is 0 Å². The van der Waals surface area contributed by atoms with Gasteiger partial charge in [-0.25, -0.2) is 4.98 Å². The Morgan fingerprint density at radius 1 is 1.10 bits per heavy atom. The minimum absolute atomic E-state index is 0.813. The Balaban J connectivity index is 1.98. The topological polar surface area (TPSA) is 34.8 Å². The number of fused-ring (bicyclic) bond motifs is 1. The van der Waals surface area contributed by atoms with Crippen LogP contribution in [0.5, 0.6) is 0 Å². The molecule has 0 aliphatic carbocycles. The molecule has 2 aromatic heterocycles. The normalized spacial score (nSPS) is 11.3. The molecule has 110 valence electrons. The summed E-state index contributed by atoms with van der Waals surface area (Å²) in [6.07, 6.45) is 6.08. The Labute approximate surface area is 125 Å². The Kier molecular flexibility index (Phi) is 4.06. The molecule has 0 aliphatic heterocycles. The van der Waals surface area contributed by atoms with Crippen LogP contribution in [0.2, 0.25) is 0 Å². The number of benzene rings is 1. The second-order valence-electron chi connectivity index (χ2n) is 5.21. The number of imidazole rings is 1. The van der Waals surface area contributed by atoms with Gasteiger partial charge >= 0.3 is 0 Å².